The van der Waals surface area contributed by atoms with Crippen molar-refractivity contribution in [2.45, 2.75) is 0 Å². The predicted molar refractivity (Wildman–Crippen MR) is 210 cm³/mol. The molecule has 0 spiro atoms. The zero-order chi connectivity index (χ0) is 34.6. The van der Waals surface area contributed by atoms with Gasteiger partial charge in [0, 0.05) is 55.8 Å². The maximum Gasteiger partial charge on any atom is 0.160 e. The van der Waals surface area contributed by atoms with E-state index in [2.05, 4.69) is 124 Å². The lowest BCUT2D eigenvalue weighted by molar-refractivity contribution is 1.13. The van der Waals surface area contributed by atoms with Gasteiger partial charge in [-0.1, -0.05) is 97.1 Å². The van der Waals surface area contributed by atoms with Crippen molar-refractivity contribution in [3.05, 3.63) is 176 Å². The first-order valence-corrected chi connectivity index (χ1v) is 17.2. The fraction of sp³-hybridized carbons (Fsp3) is 0. The Bertz CT molecular complexity index is 3020. The third-order valence-electron chi connectivity index (χ3n) is 9.78. The van der Waals surface area contributed by atoms with E-state index >= 15 is 0 Å². The summed E-state index contributed by atoms with van der Waals surface area (Å²) >= 11 is 0. The summed E-state index contributed by atoms with van der Waals surface area (Å²) in [5.74, 6) is 0.563. The van der Waals surface area contributed by atoms with Crippen LogP contribution in [0.1, 0.15) is 5.56 Å². The summed E-state index contributed by atoms with van der Waals surface area (Å²) < 4.78 is 4.65. The molecular weight excluding hydrogens is 637 g/mol. The average molecular weight is 665 g/mol. The highest BCUT2D eigenvalue weighted by molar-refractivity contribution is 6.25. The molecule has 6 heteroatoms. The molecule has 6 aromatic carbocycles. The summed E-state index contributed by atoms with van der Waals surface area (Å²) in [6, 6.07) is 58.2. The molecule has 52 heavy (non-hydrogen) atoms. The smallest absolute Gasteiger partial charge is 0.160 e. The van der Waals surface area contributed by atoms with E-state index in [1.807, 2.05) is 54.7 Å². The molecule has 10 aromatic rings. The number of rotatable bonds is 5. The standard InChI is InChI=1S/C46H28N6/c47-29-30-12-9-16-33(26-30)45-49-39(31-13-3-1-4-14-31)28-40(50-45)32-15-10-19-35(27-32)52-44-36(37-21-11-25-48-46(37)52)23-24-42-43(44)38-20-7-8-22-41(38)51(42)34-17-5-2-6-18-34/h1-28H. The number of pyridine rings is 1. The fourth-order valence-electron chi connectivity index (χ4n) is 7.50. The van der Waals surface area contributed by atoms with Crippen LogP contribution in [-0.4, -0.2) is 24.1 Å². The number of para-hydroxylation sites is 2. The molecule has 0 saturated heterocycles. The van der Waals surface area contributed by atoms with Crippen LogP contribution in [0.3, 0.4) is 0 Å². The highest BCUT2D eigenvalue weighted by Crippen LogP contribution is 2.42. The Morgan fingerprint density at radius 2 is 1.17 bits per heavy atom. The van der Waals surface area contributed by atoms with Crippen molar-refractivity contribution >= 4 is 43.7 Å². The van der Waals surface area contributed by atoms with Crippen molar-refractivity contribution in [2.75, 3.05) is 0 Å². The monoisotopic (exact) mass is 664 g/mol. The van der Waals surface area contributed by atoms with Gasteiger partial charge in [0.2, 0.25) is 0 Å². The first kappa shape index (κ1) is 29.5. The fourth-order valence-corrected chi connectivity index (χ4v) is 7.50. The molecule has 0 bridgehead atoms. The van der Waals surface area contributed by atoms with Crippen molar-refractivity contribution in [2.24, 2.45) is 0 Å². The molecule has 4 aromatic heterocycles. The Balaban J connectivity index is 1.24. The van der Waals surface area contributed by atoms with Crippen molar-refractivity contribution in [3.8, 4) is 51.3 Å². The normalized spacial score (nSPS) is 11.4. The van der Waals surface area contributed by atoms with Gasteiger partial charge in [0.15, 0.2) is 5.82 Å². The van der Waals surface area contributed by atoms with Gasteiger partial charge in [-0.25, -0.2) is 15.0 Å². The molecule has 0 N–H and O–H groups in total. The van der Waals surface area contributed by atoms with Crippen LogP contribution in [0.5, 0.6) is 0 Å². The van der Waals surface area contributed by atoms with Crippen LogP contribution < -0.4 is 0 Å². The quantitative estimate of drug-likeness (QED) is 0.184. The number of benzene rings is 6. The highest BCUT2D eigenvalue weighted by Gasteiger charge is 2.21. The van der Waals surface area contributed by atoms with Gasteiger partial charge in [-0.3, -0.25) is 4.57 Å². The van der Waals surface area contributed by atoms with E-state index < -0.39 is 0 Å². The van der Waals surface area contributed by atoms with E-state index in [4.69, 9.17) is 15.0 Å². The summed E-state index contributed by atoms with van der Waals surface area (Å²) in [5.41, 5.74) is 11.3. The molecule has 10 rings (SSSR count). The first-order chi connectivity index (χ1) is 25.7. The number of nitrogens with zero attached hydrogens (tertiary/aromatic N) is 6. The number of hydrogen-bond donors (Lipinski definition) is 0. The number of fused-ring (bicyclic) bond motifs is 7. The summed E-state index contributed by atoms with van der Waals surface area (Å²) in [4.78, 5) is 15.1. The zero-order valence-corrected chi connectivity index (χ0v) is 27.8. The van der Waals surface area contributed by atoms with Gasteiger partial charge >= 0.3 is 0 Å². The van der Waals surface area contributed by atoms with Crippen molar-refractivity contribution in [3.63, 3.8) is 0 Å². The Morgan fingerprint density at radius 3 is 2.02 bits per heavy atom. The van der Waals surface area contributed by atoms with Crippen LogP contribution in [0.15, 0.2) is 170 Å². The molecule has 4 heterocycles. The van der Waals surface area contributed by atoms with Gasteiger partial charge < -0.3 is 4.57 Å². The summed E-state index contributed by atoms with van der Waals surface area (Å²) in [6.07, 6.45) is 1.87. The molecule has 0 fully saturated rings. The Kier molecular flexibility index (Phi) is 6.76. The minimum atomic E-state index is 0.563. The SMILES string of the molecule is N#Cc1cccc(-c2nc(-c3ccccc3)cc(-c3cccc(-n4c5ncccc5c5ccc6c(c7ccccc7n6-c6ccccc6)c54)c3)n2)c1. The average Bonchev–Trinajstić information content (AvgIpc) is 3.74. The molecular formula is C46H28N6. The molecule has 6 nitrogen and oxygen atoms in total. The molecule has 0 aliphatic carbocycles. The number of nitriles is 1. The topological polar surface area (TPSA) is 72.3 Å². The highest BCUT2D eigenvalue weighted by atomic mass is 15.1. The van der Waals surface area contributed by atoms with Gasteiger partial charge in [-0.05, 0) is 66.7 Å². The minimum Gasteiger partial charge on any atom is -0.309 e. The van der Waals surface area contributed by atoms with E-state index in [9.17, 15) is 5.26 Å². The van der Waals surface area contributed by atoms with E-state index in [1.165, 1.54) is 10.8 Å². The Labute approximate surface area is 299 Å². The van der Waals surface area contributed by atoms with Gasteiger partial charge in [0.1, 0.15) is 5.65 Å². The largest absolute Gasteiger partial charge is 0.309 e. The summed E-state index contributed by atoms with van der Waals surface area (Å²) in [6.45, 7) is 0. The van der Waals surface area contributed by atoms with Crippen LogP contribution in [0.2, 0.25) is 0 Å². The maximum atomic E-state index is 9.63. The third kappa shape index (κ3) is 4.68. The van der Waals surface area contributed by atoms with Crippen molar-refractivity contribution in [1.82, 2.24) is 24.1 Å². The van der Waals surface area contributed by atoms with Crippen molar-refractivity contribution in [1.29, 1.82) is 5.26 Å². The van der Waals surface area contributed by atoms with E-state index in [-0.39, 0.29) is 0 Å². The minimum absolute atomic E-state index is 0.563. The molecule has 242 valence electrons. The number of hydrogen-bond acceptors (Lipinski definition) is 4. The van der Waals surface area contributed by atoms with Gasteiger partial charge in [0.05, 0.1) is 39.6 Å². The van der Waals surface area contributed by atoms with Gasteiger partial charge in [-0.2, -0.15) is 5.26 Å². The molecule has 0 amide bonds. The first-order valence-electron chi connectivity index (χ1n) is 17.2. The van der Waals surface area contributed by atoms with E-state index in [0.717, 1.165) is 72.4 Å². The molecule has 0 radical (unpaired) electrons. The lowest BCUT2D eigenvalue weighted by Crippen LogP contribution is -1.99. The second-order valence-electron chi connectivity index (χ2n) is 12.8. The lowest BCUT2D eigenvalue weighted by atomic mass is 10.1. The molecule has 0 atom stereocenters. The van der Waals surface area contributed by atoms with Crippen LogP contribution in [0, 0.1) is 11.3 Å². The molecule has 0 aliphatic heterocycles. The van der Waals surface area contributed by atoms with E-state index in [1.54, 1.807) is 6.07 Å². The van der Waals surface area contributed by atoms with Crippen LogP contribution in [0.4, 0.5) is 0 Å². The summed E-state index contributed by atoms with van der Waals surface area (Å²) in [7, 11) is 0. The van der Waals surface area contributed by atoms with Gasteiger partial charge in [-0.15, -0.1) is 0 Å². The van der Waals surface area contributed by atoms with E-state index in [0.29, 0.717) is 11.4 Å². The lowest BCUT2D eigenvalue weighted by Gasteiger charge is -2.12. The third-order valence-corrected chi connectivity index (χ3v) is 9.78. The molecule has 0 saturated carbocycles. The van der Waals surface area contributed by atoms with Crippen molar-refractivity contribution < 1.29 is 0 Å². The van der Waals surface area contributed by atoms with Crippen LogP contribution in [-0.2, 0) is 0 Å². The van der Waals surface area contributed by atoms with Crippen LogP contribution >= 0.6 is 0 Å². The predicted octanol–water partition coefficient (Wildman–Crippen LogP) is 10.9. The second kappa shape index (κ2) is 11.9. The van der Waals surface area contributed by atoms with Gasteiger partial charge in [0.25, 0.3) is 0 Å². The Morgan fingerprint density at radius 1 is 0.481 bits per heavy atom. The second-order valence-corrected chi connectivity index (χ2v) is 12.8. The number of aromatic nitrogens is 5. The maximum absolute atomic E-state index is 9.63. The molecule has 0 aliphatic rings. The summed E-state index contributed by atoms with van der Waals surface area (Å²) in [5, 5.41) is 14.2. The zero-order valence-electron chi connectivity index (χ0n) is 27.8. The Hall–Kier alpha value is -7.36. The molecule has 0 unspecified atom stereocenters. The van der Waals surface area contributed by atoms with Crippen LogP contribution in [0.25, 0.3) is 89.0 Å².